The van der Waals surface area contributed by atoms with Crippen molar-refractivity contribution in [3.63, 3.8) is 0 Å². The third-order valence-corrected chi connectivity index (χ3v) is 28.3. The van der Waals surface area contributed by atoms with Crippen LogP contribution in [-0.2, 0) is 42.1 Å². The Morgan fingerprint density at radius 3 is 0.944 bits per heavy atom. The Balaban J connectivity index is 0.000000126. The van der Waals surface area contributed by atoms with E-state index in [1.807, 2.05) is 115 Å². The molecule has 143 heavy (non-hydrogen) atoms. The Morgan fingerprint density at radius 2 is 0.622 bits per heavy atom. The van der Waals surface area contributed by atoms with Crippen LogP contribution in [0.25, 0.3) is 58.0 Å². The molecule has 6 aromatic heterocycles. The van der Waals surface area contributed by atoms with Crippen LogP contribution in [0.5, 0.6) is 5.75 Å². The number of ketones is 2. The summed E-state index contributed by atoms with van der Waals surface area (Å²) in [6.45, 7) is 30.9. The number of allylic oxidation sites excluding steroid dienone is 22. The number of nitrogens with zero attached hydrogens (tertiary/aromatic N) is 16. The van der Waals surface area contributed by atoms with Gasteiger partial charge in [0.05, 0.1) is 39.3 Å². The number of para-hydroxylation sites is 6. The molecule has 8 aliphatic rings. The average Bonchev–Trinajstić information content (AvgIpc) is 1.62. The fourth-order valence-corrected chi connectivity index (χ4v) is 20.5. The van der Waals surface area contributed by atoms with Gasteiger partial charge in [0, 0.05) is 160 Å². The van der Waals surface area contributed by atoms with Gasteiger partial charge in [0.25, 0.3) is 0 Å². The Labute approximate surface area is 839 Å². The van der Waals surface area contributed by atoms with Gasteiger partial charge < -0.3 is 14.5 Å². The molecule has 0 saturated heterocycles. The lowest BCUT2D eigenvalue weighted by atomic mass is 9.81. The molecule has 0 N–H and O–H groups in total. The van der Waals surface area contributed by atoms with Gasteiger partial charge in [-0.3, -0.25) is 29.5 Å². The van der Waals surface area contributed by atoms with E-state index < -0.39 is 0 Å². The predicted octanol–water partition coefficient (Wildman–Crippen LogP) is 24.7. The van der Waals surface area contributed by atoms with Crippen LogP contribution in [0, 0.1) is 0 Å². The normalized spacial score (nSPS) is 18.1. The minimum atomic E-state index is -0.118. The second-order valence-electron chi connectivity index (χ2n) is 39.4. The summed E-state index contributed by atoms with van der Waals surface area (Å²) in [4.78, 5) is 46.6. The number of rotatable bonds is 16. The first-order chi connectivity index (χ1) is 68.8. The van der Waals surface area contributed by atoms with Crippen molar-refractivity contribution in [1.29, 1.82) is 0 Å². The highest BCUT2D eigenvalue weighted by molar-refractivity contribution is 6.11. The number of benzene rings is 7. The van der Waals surface area contributed by atoms with E-state index in [0.29, 0.717) is 34.2 Å². The molecule has 0 bridgehead atoms. The summed E-state index contributed by atoms with van der Waals surface area (Å²) in [5.41, 5.74) is 32.3. The number of anilines is 2. The molecule has 0 unspecified atom stereocenters. The third kappa shape index (κ3) is 19.9. The maximum absolute atomic E-state index is 12.7. The molecule has 12 heterocycles. The summed E-state index contributed by atoms with van der Waals surface area (Å²) in [6.07, 6.45) is 45.0. The average molecular weight is 1880 g/mol. The quantitative estimate of drug-likeness (QED) is 0.0504. The third-order valence-electron chi connectivity index (χ3n) is 28.3. The monoisotopic (exact) mass is 1880 g/mol. The van der Waals surface area contributed by atoms with Crippen LogP contribution >= 0.6 is 0 Å². The van der Waals surface area contributed by atoms with Crippen LogP contribution in [0.4, 0.5) is 34.1 Å². The van der Waals surface area contributed by atoms with E-state index >= 15 is 0 Å². The minimum absolute atomic E-state index is 0.0355. The van der Waals surface area contributed by atoms with Gasteiger partial charge in [-0.05, 0) is 241 Å². The van der Waals surface area contributed by atoms with Crippen molar-refractivity contribution in [2.75, 3.05) is 52.1 Å². The van der Waals surface area contributed by atoms with Crippen LogP contribution in [0.2, 0.25) is 0 Å². The molecular weight excluding hydrogens is 1760 g/mol. The van der Waals surface area contributed by atoms with Crippen LogP contribution in [0.3, 0.4) is 0 Å². The molecule has 19 heteroatoms. The lowest BCUT2D eigenvalue weighted by Crippen LogP contribution is -2.26. The zero-order valence-corrected chi connectivity index (χ0v) is 84.5. The number of aromatic nitrogens is 10. The molecule has 0 spiro atoms. The van der Waals surface area contributed by atoms with E-state index in [0.717, 1.165) is 50.8 Å². The maximum Gasteiger partial charge on any atom is 0.221 e. The highest BCUT2D eigenvalue weighted by Gasteiger charge is 2.47. The SMILES string of the molecule is C=COc1ccc(/C=C/C2=[N+](C)c3ccccc3C2(C)C)cc1/C=C/C1=[N+](C)c2ccccc2C1(C)C.CN1C(=CC=C2C=C(/C=C/C3=[N+](C)c4ccccc4C3(C)C)C=CC2=O)C(C)(C)c2ccccc21.CN1C(=CC=C2C=C(C=CC3=[N+](C)c4ccccc4C3(C)C)C=CC2=O)C(C)(C)c2ccccc21.c1ccc(-c2ccc(-c3ccccn3)nn2)nc1.c1ccc(-c2nnc(-c3ccccn3)nn2)nc1. The number of hydrogen-bond acceptors (Lipinski definition) is 15. The van der Waals surface area contributed by atoms with Gasteiger partial charge in [-0.15, -0.1) is 30.6 Å². The standard InChI is InChI=1S/C34H36N2O.2C32H33N2O.C14H10N4.C12H8N6/c1-8-37-30-20-17-24(18-21-31-33(2,3)26-13-9-11-15-28(26)35(31)6)23-25(30)19-22-32-34(4,5)27-14-10-12-16-29(27)36(32)7;2*1-31(2)24-11-7-9-13-26(24)33(5)29(31)19-16-22-15-18-28(35)23(21-22)17-20-30-32(3,4)25-12-8-10-14-27(25)34(30)6;1-3-9-15-11(5-1)13-7-8-14(18-17-13)12-6-2-4-10-16-12;1-3-7-13-9(5-1)11-15-17-12(18-16-11)10-6-2-4-8-14-10/h8-23H,1H2,2-7H3;2*7-21H,1-6H3;1-10H;1-8H/q+2;2*+1;;/b21-18+,22-19+;;;;. The van der Waals surface area contributed by atoms with Crippen LogP contribution in [-0.4, -0.2) is 146 Å². The van der Waals surface area contributed by atoms with Crippen LogP contribution in [0.15, 0.2) is 417 Å². The number of carbonyl (C=O) groups excluding carboxylic acids is 2. The lowest BCUT2D eigenvalue weighted by Gasteiger charge is -2.23. The smallest absolute Gasteiger partial charge is 0.221 e. The lowest BCUT2D eigenvalue weighted by molar-refractivity contribution is -0.401. The van der Waals surface area contributed by atoms with Crippen molar-refractivity contribution >= 4 is 80.7 Å². The Bertz CT molecular complexity index is 7230. The largest absolute Gasteiger partial charge is 0.465 e. The molecule has 7 aromatic carbocycles. The van der Waals surface area contributed by atoms with E-state index in [-0.39, 0.29) is 44.1 Å². The molecule has 0 atom stereocenters. The zero-order valence-electron chi connectivity index (χ0n) is 84.5. The summed E-state index contributed by atoms with van der Waals surface area (Å²) in [7, 11) is 12.7. The van der Waals surface area contributed by atoms with Crippen molar-refractivity contribution in [2.45, 2.75) is 116 Å². The van der Waals surface area contributed by atoms with Crippen molar-refractivity contribution in [2.24, 2.45) is 0 Å². The molecule has 0 radical (unpaired) electrons. The van der Waals surface area contributed by atoms with E-state index in [1.165, 1.54) is 108 Å². The van der Waals surface area contributed by atoms with Crippen LogP contribution in [0.1, 0.15) is 128 Å². The van der Waals surface area contributed by atoms with Gasteiger partial charge in [-0.1, -0.05) is 186 Å². The van der Waals surface area contributed by atoms with Crippen molar-refractivity contribution in [3.8, 4) is 51.6 Å². The second kappa shape index (κ2) is 40.9. The van der Waals surface area contributed by atoms with Gasteiger partial charge in [0.2, 0.25) is 34.4 Å². The molecule has 2 aliphatic carbocycles. The van der Waals surface area contributed by atoms with E-state index in [4.69, 9.17) is 4.74 Å². The number of hydrogen-bond donors (Lipinski definition) is 0. The van der Waals surface area contributed by atoms with Gasteiger partial charge in [0.15, 0.2) is 34.4 Å². The summed E-state index contributed by atoms with van der Waals surface area (Å²) in [6, 6.07) is 83.9. The topological polar surface area (TPSA) is 191 Å². The first kappa shape index (κ1) is 97.8. The fourth-order valence-electron chi connectivity index (χ4n) is 20.5. The zero-order chi connectivity index (χ0) is 101. The van der Waals surface area contributed by atoms with E-state index in [1.54, 1.807) is 49.1 Å². The summed E-state index contributed by atoms with van der Waals surface area (Å²) in [5.74, 6) is 1.66. The molecule has 6 aliphatic heterocycles. The first-order valence-electron chi connectivity index (χ1n) is 48.2. The summed E-state index contributed by atoms with van der Waals surface area (Å²) < 4.78 is 14.9. The van der Waals surface area contributed by atoms with Gasteiger partial charge in [0.1, 0.15) is 56.7 Å². The van der Waals surface area contributed by atoms with Crippen molar-refractivity contribution in [1.82, 2.24) is 50.5 Å². The molecule has 19 nitrogen and oxygen atoms in total. The molecule has 13 aromatic rings. The summed E-state index contributed by atoms with van der Waals surface area (Å²) in [5, 5.41) is 24.3. The number of likely N-dealkylation sites (N-methyl/N-ethyl adjacent to an activating group) is 2. The molecular formula is C124H120N16O3+4. The van der Waals surface area contributed by atoms with Gasteiger partial charge in [-0.2, -0.15) is 18.3 Å². The molecule has 0 fully saturated rings. The number of ether oxygens (including phenoxy) is 1. The predicted molar refractivity (Wildman–Crippen MR) is 580 cm³/mol. The van der Waals surface area contributed by atoms with Crippen LogP contribution < -0.4 is 14.5 Å². The van der Waals surface area contributed by atoms with E-state index in [9.17, 15) is 9.59 Å². The highest BCUT2D eigenvalue weighted by Crippen LogP contribution is 2.50. The van der Waals surface area contributed by atoms with Crippen molar-refractivity contribution < 1.29 is 32.6 Å². The second-order valence-corrected chi connectivity index (χ2v) is 39.4. The number of pyridine rings is 4. The molecule has 0 saturated carbocycles. The van der Waals surface area contributed by atoms with Gasteiger partial charge in [-0.25, -0.2) is 0 Å². The summed E-state index contributed by atoms with van der Waals surface area (Å²) >= 11 is 0. The Kier molecular flexibility index (Phi) is 28.0. The molecule has 710 valence electrons. The van der Waals surface area contributed by atoms with Gasteiger partial charge >= 0.3 is 0 Å². The van der Waals surface area contributed by atoms with E-state index in [2.05, 4.69) is 429 Å². The Morgan fingerprint density at radius 1 is 0.308 bits per heavy atom. The number of fused-ring (bicyclic) bond motifs is 6. The molecule has 0 amide bonds. The minimum Gasteiger partial charge on any atom is -0.465 e. The Hall–Kier alpha value is -16.8. The molecule has 21 rings (SSSR count). The van der Waals surface area contributed by atoms with Crippen molar-refractivity contribution in [3.05, 3.63) is 462 Å². The highest BCUT2D eigenvalue weighted by atomic mass is 16.5. The first-order valence-corrected chi connectivity index (χ1v) is 48.2. The maximum atomic E-state index is 12.7. The fraction of sp³-hybridized carbons (Fsp3) is 0.194. The number of carbonyl (C=O) groups is 2.